The van der Waals surface area contributed by atoms with Crippen LogP contribution in [0.1, 0.15) is 46.5 Å². The van der Waals surface area contributed by atoms with E-state index in [2.05, 4.69) is 16.0 Å². The van der Waals surface area contributed by atoms with E-state index in [4.69, 9.17) is 15.9 Å². The van der Waals surface area contributed by atoms with E-state index in [1.54, 1.807) is 13.8 Å². The predicted molar refractivity (Wildman–Crippen MR) is 106 cm³/mol. The number of aliphatic carboxylic acids is 3. The lowest BCUT2D eigenvalue weighted by Crippen LogP contribution is -2.57. The van der Waals surface area contributed by atoms with Crippen molar-refractivity contribution in [1.82, 2.24) is 16.0 Å². The average molecular weight is 446 g/mol. The normalized spacial score (nSPS) is 14.6. The highest BCUT2D eigenvalue weighted by Crippen LogP contribution is 2.07. The Bertz CT molecular complexity index is 694. The van der Waals surface area contributed by atoms with E-state index in [0.29, 0.717) is 0 Å². The molecule has 0 saturated carbocycles. The summed E-state index contributed by atoms with van der Waals surface area (Å²) in [6.07, 6.45) is -1.65. The van der Waals surface area contributed by atoms with E-state index in [1.807, 2.05) is 0 Å². The molecule has 0 aromatic rings. The Morgan fingerprint density at radius 1 is 0.742 bits per heavy atom. The van der Waals surface area contributed by atoms with Crippen molar-refractivity contribution in [3.05, 3.63) is 0 Å². The van der Waals surface area contributed by atoms with E-state index in [9.17, 15) is 33.9 Å². The van der Waals surface area contributed by atoms with E-state index >= 15 is 0 Å². The third kappa shape index (κ3) is 11.5. The molecule has 13 heteroatoms. The van der Waals surface area contributed by atoms with Crippen LogP contribution in [0.2, 0.25) is 0 Å². The van der Waals surface area contributed by atoms with Crippen LogP contribution in [0.4, 0.5) is 0 Å². The van der Waals surface area contributed by atoms with Gasteiger partial charge in [0.05, 0.1) is 12.5 Å². The van der Waals surface area contributed by atoms with Gasteiger partial charge in [0.2, 0.25) is 17.7 Å². The summed E-state index contributed by atoms with van der Waals surface area (Å²) in [6, 6.07) is -5.37. The number of amides is 3. The lowest BCUT2D eigenvalue weighted by molar-refractivity contribution is -0.144. The Kier molecular flexibility index (Phi) is 11.8. The summed E-state index contributed by atoms with van der Waals surface area (Å²) >= 11 is 0. The van der Waals surface area contributed by atoms with E-state index < -0.39 is 72.6 Å². The standard InChI is InChI=1S/C18H30N4O9/c1-8(2)6-12(18(30)31)22-16(28)10(4-5-13(23)24)20-17(29)11(7-14(25)26)21-15(27)9(3)19/h8-12H,4-7,19H2,1-3H3,(H,20,29)(H,21,27)(H,22,28)(H,23,24)(H,25,26)(H,30,31). The maximum absolute atomic E-state index is 12.6. The molecule has 8 N–H and O–H groups in total. The van der Waals surface area contributed by atoms with Crippen molar-refractivity contribution >= 4 is 35.6 Å². The van der Waals surface area contributed by atoms with E-state index in [0.717, 1.165) is 0 Å². The van der Waals surface area contributed by atoms with Gasteiger partial charge in [0, 0.05) is 6.42 Å². The molecule has 13 nitrogen and oxygen atoms in total. The maximum atomic E-state index is 12.6. The van der Waals surface area contributed by atoms with Crippen molar-refractivity contribution in [3.63, 3.8) is 0 Å². The molecular formula is C18H30N4O9. The molecule has 0 aliphatic rings. The molecule has 176 valence electrons. The number of nitrogens with one attached hydrogen (secondary N) is 3. The van der Waals surface area contributed by atoms with Gasteiger partial charge in [-0.2, -0.15) is 0 Å². The number of hydrogen-bond acceptors (Lipinski definition) is 7. The largest absolute Gasteiger partial charge is 0.481 e. The molecule has 0 bridgehead atoms. The minimum atomic E-state index is -1.58. The molecule has 0 spiro atoms. The zero-order chi connectivity index (χ0) is 24.3. The van der Waals surface area contributed by atoms with Crippen LogP contribution in [0, 0.1) is 5.92 Å². The van der Waals surface area contributed by atoms with Gasteiger partial charge >= 0.3 is 17.9 Å². The van der Waals surface area contributed by atoms with Crippen molar-refractivity contribution < 1.29 is 44.1 Å². The number of carboxylic acids is 3. The second-order valence-corrected chi connectivity index (χ2v) is 7.47. The fourth-order valence-electron chi connectivity index (χ4n) is 2.46. The highest BCUT2D eigenvalue weighted by Gasteiger charge is 2.31. The lowest BCUT2D eigenvalue weighted by atomic mass is 10.0. The Morgan fingerprint density at radius 3 is 1.65 bits per heavy atom. The number of nitrogens with two attached hydrogens (primary N) is 1. The van der Waals surface area contributed by atoms with Crippen LogP contribution >= 0.6 is 0 Å². The topological polar surface area (TPSA) is 225 Å². The SMILES string of the molecule is CC(C)CC(NC(=O)C(CCC(=O)O)NC(=O)C(CC(=O)O)NC(=O)C(C)N)C(=O)O. The molecule has 0 saturated heterocycles. The maximum Gasteiger partial charge on any atom is 0.326 e. The molecule has 0 aromatic heterocycles. The second-order valence-electron chi connectivity index (χ2n) is 7.47. The van der Waals surface area contributed by atoms with Crippen LogP contribution in [0.5, 0.6) is 0 Å². The third-order valence-electron chi connectivity index (χ3n) is 4.03. The number of hydrogen-bond donors (Lipinski definition) is 7. The van der Waals surface area contributed by atoms with Crippen LogP contribution in [0.3, 0.4) is 0 Å². The van der Waals surface area contributed by atoms with Crippen molar-refractivity contribution in [2.75, 3.05) is 0 Å². The van der Waals surface area contributed by atoms with Crippen molar-refractivity contribution in [3.8, 4) is 0 Å². The smallest absolute Gasteiger partial charge is 0.326 e. The summed E-state index contributed by atoms with van der Waals surface area (Å²) < 4.78 is 0. The number of carbonyl (C=O) groups is 6. The molecule has 0 radical (unpaired) electrons. The summed E-state index contributed by atoms with van der Waals surface area (Å²) in [4.78, 5) is 70.2. The Hall–Kier alpha value is -3.22. The molecule has 3 amide bonds. The zero-order valence-corrected chi connectivity index (χ0v) is 17.6. The minimum absolute atomic E-state index is 0.0816. The Morgan fingerprint density at radius 2 is 1.23 bits per heavy atom. The van der Waals surface area contributed by atoms with Gasteiger partial charge in [-0.25, -0.2) is 4.79 Å². The van der Waals surface area contributed by atoms with Gasteiger partial charge in [0.15, 0.2) is 0 Å². The number of rotatable bonds is 14. The first-order valence-electron chi connectivity index (χ1n) is 9.57. The molecule has 4 unspecified atom stereocenters. The zero-order valence-electron chi connectivity index (χ0n) is 17.6. The molecular weight excluding hydrogens is 416 g/mol. The van der Waals surface area contributed by atoms with Gasteiger partial charge in [-0.3, -0.25) is 24.0 Å². The molecule has 0 aliphatic carbocycles. The average Bonchev–Trinajstić information content (AvgIpc) is 2.62. The molecule has 0 heterocycles. The number of carboxylic acid groups (broad SMARTS) is 3. The van der Waals surface area contributed by atoms with Gasteiger partial charge < -0.3 is 37.0 Å². The third-order valence-corrected chi connectivity index (χ3v) is 4.03. The molecule has 0 fully saturated rings. The quantitative estimate of drug-likeness (QED) is 0.159. The highest BCUT2D eigenvalue weighted by atomic mass is 16.4. The molecule has 0 aliphatic heterocycles. The molecule has 4 atom stereocenters. The van der Waals surface area contributed by atoms with Crippen LogP contribution < -0.4 is 21.7 Å². The first-order valence-corrected chi connectivity index (χ1v) is 9.57. The summed E-state index contributed by atoms with van der Waals surface area (Å²) in [5.41, 5.74) is 5.39. The van der Waals surface area contributed by atoms with Crippen molar-refractivity contribution in [1.29, 1.82) is 0 Å². The van der Waals surface area contributed by atoms with Gasteiger partial charge in [-0.05, 0) is 25.7 Å². The van der Waals surface area contributed by atoms with Gasteiger partial charge in [-0.1, -0.05) is 13.8 Å². The van der Waals surface area contributed by atoms with E-state index in [1.165, 1.54) is 6.92 Å². The molecule has 0 aromatic carbocycles. The molecule has 0 rings (SSSR count). The summed E-state index contributed by atoms with van der Waals surface area (Å²) in [5, 5.41) is 33.7. The van der Waals surface area contributed by atoms with Crippen LogP contribution in [0.15, 0.2) is 0 Å². The predicted octanol–water partition coefficient (Wildman–Crippen LogP) is -1.74. The summed E-state index contributed by atoms with van der Waals surface area (Å²) in [7, 11) is 0. The molecule has 31 heavy (non-hydrogen) atoms. The number of carbonyl (C=O) groups excluding carboxylic acids is 3. The fraction of sp³-hybridized carbons (Fsp3) is 0.667. The Labute approximate surface area is 178 Å². The second kappa shape index (κ2) is 13.2. The van der Waals surface area contributed by atoms with Gasteiger partial charge in [-0.15, -0.1) is 0 Å². The van der Waals surface area contributed by atoms with Crippen LogP contribution in [0.25, 0.3) is 0 Å². The van der Waals surface area contributed by atoms with Gasteiger partial charge in [0.1, 0.15) is 18.1 Å². The van der Waals surface area contributed by atoms with E-state index in [-0.39, 0.29) is 18.8 Å². The van der Waals surface area contributed by atoms with Crippen LogP contribution in [-0.4, -0.2) is 75.1 Å². The van der Waals surface area contributed by atoms with Crippen molar-refractivity contribution in [2.24, 2.45) is 11.7 Å². The fourth-order valence-corrected chi connectivity index (χ4v) is 2.46. The lowest BCUT2D eigenvalue weighted by Gasteiger charge is -2.24. The first kappa shape index (κ1) is 27.8. The monoisotopic (exact) mass is 446 g/mol. The Balaban J connectivity index is 5.52. The minimum Gasteiger partial charge on any atom is -0.481 e. The van der Waals surface area contributed by atoms with Crippen LogP contribution in [-0.2, 0) is 28.8 Å². The first-order chi connectivity index (χ1) is 14.2. The summed E-state index contributed by atoms with van der Waals surface area (Å²) in [6.45, 7) is 4.79. The van der Waals surface area contributed by atoms with Crippen molar-refractivity contribution in [2.45, 2.75) is 70.6 Å². The summed E-state index contributed by atoms with van der Waals surface area (Å²) in [5.74, 6) is -6.89. The highest BCUT2D eigenvalue weighted by molar-refractivity contribution is 5.95. The van der Waals surface area contributed by atoms with Gasteiger partial charge in [0.25, 0.3) is 0 Å².